The lowest BCUT2D eigenvalue weighted by molar-refractivity contribution is -0.131. The summed E-state index contributed by atoms with van der Waals surface area (Å²) in [5.41, 5.74) is 6.64. The van der Waals surface area contributed by atoms with Crippen LogP contribution in [0.1, 0.15) is 43.9 Å². The van der Waals surface area contributed by atoms with Crippen LogP contribution in [0.3, 0.4) is 0 Å². The number of nitrogens with one attached hydrogen (secondary N) is 3. The van der Waals surface area contributed by atoms with Crippen molar-refractivity contribution in [2.45, 2.75) is 77.3 Å². The quantitative estimate of drug-likeness (QED) is 0.107. The zero-order valence-corrected chi connectivity index (χ0v) is 33.3. The number of hydrogen-bond acceptors (Lipinski definition) is 11. The first-order chi connectivity index (χ1) is 27.9. The second kappa shape index (κ2) is 19.7. The summed E-state index contributed by atoms with van der Waals surface area (Å²) in [4.78, 5) is 44.2. The van der Waals surface area contributed by atoms with E-state index in [1.807, 2.05) is 118 Å². The van der Waals surface area contributed by atoms with Gasteiger partial charge in [-0.25, -0.2) is 14.6 Å². The van der Waals surface area contributed by atoms with E-state index in [1.165, 1.54) is 7.11 Å². The summed E-state index contributed by atoms with van der Waals surface area (Å²) >= 11 is 0. The van der Waals surface area contributed by atoms with Gasteiger partial charge in [-0.05, 0) is 59.2 Å². The van der Waals surface area contributed by atoms with Crippen molar-refractivity contribution in [3.8, 4) is 17.0 Å². The number of benzene rings is 3. The number of ether oxygens (including phenoxy) is 5. The molecular weight excluding hydrogens is 743 g/mol. The first-order valence-corrected chi connectivity index (χ1v) is 19.5. The van der Waals surface area contributed by atoms with Crippen molar-refractivity contribution >= 4 is 18.1 Å². The molecule has 3 heterocycles. The monoisotopic (exact) mass is 795 g/mol. The van der Waals surface area contributed by atoms with Crippen LogP contribution in [0.4, 0.5) is 9.59 Å². The Morgan fingerprint density at radius 2 is 1.60 bits per heavy atom. The van der Waals surface area contributed by atoms with Gasteiger partial charge >= 0.3 is 12.2 Å². The van der Waals surface area contributed by atoms with Gasteiger partial charge < -0.3 is 39.4 Å². The number of hydrogen-bond donors (Lipinski definition) is 4. The molecule has 4 N–H and O–H groups in total. The molecule has 0 radical (unpaired) electrons. The maximum absolute atomic E-state index is 13.9. The minimum atomic E-state index is -1.22. The number of aliphatic hydroxyl groups excluding tert-OH is 1. The summed E-state index contributed by atoms with van der Waals surface area (Å²) in [6, 6.07) is 28.8. The van der Waals surface area contributed by atoms with Crippen LogP contribution in [-0.4, -0.2) is 90.6 Å². The van der Waals surface area contributed by atoms with Gasteiger partial charge in [0.1, 0.15) is 24.5 Å². The molecule has 0 spiro atoms. The van der Waals surface area contributed by atoms with Gasteiger partial charge in [-0.15, -0.1) is 0 Å². The highest BCUT2D eigenvalue weighted by Crippen LogP contribution is 2.33. The van der Waals surface area contributed by atoms with Crippen molar-refractivity contribution in [2.24, 2.45) is 11.3 Å². The van der Waals surface area contributed by atoms with E-state index < -0.39 is 54.1 Å². The smallest absolute Gasteiger partial charge is 0.407 e. The maximum atomic E-state index is 13.9. The van der Waals surface area contributed by atoms with Gasteiger partial charge in [-0.3, -0.25) is 15.2 Å². The molecule has 6 rings (SSSR count). The number of methoxy groups -OCH3 is 1. The first-order valence-electron chi connectivity index (χ1n) is 19.5. The maximum Gasteiger partial charge on any atom is 0.407 e. The van der Waals surface area contributed by atoms with Gasteiger partial charge in [-0.1, -0.05) is 93.6 Å². The second-order valence-electron chi connectivity index (χ2n) is 15.6. The Bertz CT molecular complexity index is 1930. The number of aromatic nitrogens is 1. The van der Waals surface area contributed by atoms with Crippen molar-refractivity contribution in [3.05, 3.63) is 120 Å². The van der Waals surface area contributed by atoms with Crippen molar-refractivity contribution < 1.29 is 43.2 Å². The molecule has 308 valence electrons. The molecule has 3 aromatic carbocycles. The number of alkyl carbamates (subject to hydrolysis) is 2. The van der Waals surface area contributed by atoms with Crippen LogP contribution in [-0.2, 0) is 43.3 Å². The van der Waals surface area contributed by atoms with Crippen LogP contribution < -0.4 is 20.8 Å². The molecular formula is C44H53N5O9. The normalized spacial score (nSPS) is 19.0. The number of aliphatic hydroxyl groups is 1. The molecule has 58 heavy (non-hydrogen) atoms. The Hall–Kier alpha value is -5.54. The van der Waals surface area contributed by atoms with Gasteiger partial charge in [0.2, 0.25) is 0 Å². The van der Waals surface area contributed by atoms with Crippen molar-refractivity contribution in [3.63, 3.8) is 0 Å². The number of carbonyl (C=O) groups excluding carboxylic acids is 3. The molecule has 0 saturated carbocycles. The summed E-state index contributed by atoms with van der Waals surface area (Å²) < 4.78 is 27.9. The zero-order chi connectivity index (χ0) is 41.1. The standard InChI is InChI=1S/C44H53N5O9/c1-44(2,3)39(47-42(52)54-4)40(51)48-49(25-30-13-17-32(18-14-30)35-12-8-9-22-45-35)26-37(50)36(46-43(53)58-38-28-57-41-34(38)21-23-55-41)24-29-15-19-33(20-16-29)56-27-31-10-6-5-7-11-31/h5-20,22,34,36-39,41,50H,21,23-28H2,1-4H3,(H,46,53)(H,47,52)(H,48,51). The van der Waals surface area contributed by atoms with E-state index in [0.29, 0.717) is 25.4 Å². The largest absolute Gasteiger partial charge is 0.489 e. The number of carbonyl (C=O) groups is 3. The average molecular weight is 796 g/mol. The fourth-order valence-corrected chi connectivity index (χ4v) is 6.98. The highest BCUT2D eigenvalue weighted by atomic mass is 16.7. The van der Waals surface area contributed by atoms with E-state index in [2.05, 4.69) is 21.0 Å². The van der Waals surface area contributed by atoms with E-state index in [4.69, 9.17) is 23.7 Å². The summed E-state index contributed by atoms with van der Waals surface area (Å²) in [6.07, 6.45) is -0.912. The number of pyridine rings is 1. The van der Waals surface area contributed by atoms with Crippen LogP contribution in [0.15, 0.2) is 103 Å². The van der Waals surface area contributed by atoms with E-state index in [0.717, 1.165) is 27.9 Å². The van der Waals surface area contributed by atoms with Gasteiger partial charge in [0.15, 0.2) is 6.29 Å². The molecule has 14 nitrogen and oxygen atoms in total. The minimum Gasteiger partial charge on any atom is -0.489 e. The molecule has 0 bridgehead atoms. The van der Waals surface area contributed by atoms with Crippen molar-refractivity contribution in [2.75, 3.05) is 26.9 Å². The summed E-state index contributed by atoms with van der Waals surface area (Å²) in [6.45, 7) is 6.68. The van der Waals surface area contributed by atoms with Gasteiger partial charge in [0.25, 0.3) is 5.91 Å². The number of hydrazine groups is 1. The Morgan fingerprint density at radius 3 is 2.29 bits per heavy atom. The second-order valence-corrected chi connectivity index (χ2v) is 15.6. The van der Waals surface area contributed by atoms with Gasteiger partial charge in [-0.2, -0.15) is 0 Å². The molecule has 2 saturated heterocycles. The topological polar surface area (TPSA) is 170 Å². The SMILES string of the molecule is COC(=O)NC(C(=O)NN(Cc1ccc(-c2ccccn2)cc1)CC(O)C(Cc1ccc(OCc2ccccc2)cc1)NC(=O)OC1COC2OCCC12)C(C)(C)C. The third-order valence-electron chi connectivity index (χ3n) is 10.2. The molecule has 3 amide bonds. The molecule has 2 fully saturated rings. The van der Waals surface area contributed by atoms with E-state index in [9.17, 15) is 19.5 Å². The van der Waals surface area contributed by atoms with Crippen molar-refractivity contribution in [1.82, 2.24) is 26.1 Å². The Kier molecular flexibility index (Phi) is 14.3. The van der Waals surface area contributed by atoms with Crippen molar-refractivity contribution in [1.29, 1.82) is 0 Å². The molecule has 6 unspecified atom stereocenters. The summed E-state index contributed by atoms with van der Waals surface area (Å²) in [7, 11) is 1.23. The van der Waals surface area contributed by atoms with Gasteiger partial charge in [0.05, 0.1) is 44.1 Å². The highest BCUT2D eigenvalue weighted by Gasteiger charge is 2.44. The number of nitrogens with zero attached hydrogens (tertiary/aromatic N) is 2. The van der Waals surface area contributed by atoms with Crippen LogP contribution in [0.2, 0.25) is 0 Å². The molecule has 14 heteroatoms. The molecule has 4 aromatic rings. The zero-order valence-electron chi connectivity index (χ0n) is 33.3. The molecule has 6 atom stereocenters. The lowest BCUT2D eigenvalue weighted by atomic mass is 9.86. The highest BCUT2D eigenvalue weighted by molar-refractivity contribution is 5.86. The van der Waals surface area contributed by atoms with Crippen LogP contribution in [0.25, 0.3) is 11.3 Å². The van der Waals surface area contributed by atoms with Crippen LogP contribution >= 0.6 is 0 Å². The van der Waals surface area contributed by atoms with E-state index in [1.54, 1.807) is 11.2 Å². The lowest BCUT2D eigenvalue weighted by Crippen LogP contribution is -2.59. The Morgan fingerprint density at radius 1 is 0.879 bits per heavy atom. The number of fused-ring (bicyclic) bond motifs is 1. The molecule has 2 aliphatic heterocycles. The third-order valence-corrected chi connectivity index (χ3v) is 10.2. The number of amides is 3. The van der Waals surface area contributed by atoms with Gasteiger partial charge in [0, 0.05) is 24.8 Å². The van der Waals surface area contributed by atoms with Crippen LogP contribution in [0.5, 0.6) is 5.75 Å². The van der Waals surface area contributed by atoms with E-state index in [-0.39, 0.29) is 32.0 Å². The molecule has 0 aliphatic carbocycles. The third kappa shape index (κ3) is 11.8. The molecule has 1 aromatic heterocycles. The Balaban J connectivity index is 1.21. The van der Waals surface area contributed by atoms with Crippen LogP contribution in [0, 0.1) is 11.3 Å². The average Bonchev–Trinajstić information content (AvgIpc) is 3.85. The summed E-state index contributed by atoms with van der Waals surface area (Å²) in [5, 5.41) is 19.1. The lowest BCUT2D eigenvalue weighted by Gasteiger charge is -2.34. The summed E-state index contributed by atoms with van der Waals surface area (Å²) in [5.74, 6) is 0.0880. The predicted octanol–water partition coefficient (Wildman–Crippen LogP) is 5.39. The Labute approximate surface area is 339 Å². The molecule has 2 aliphatic rings. The number of rotatable bonds is 16. The predicted molar refractivity (Wildman–Crippen MR) is 215 cm³/mol. The van der Waals surface area contributed by atoms with E-state index >= 15 is 0 Å². The fraction of sp³-hybridized carbons (Fsp3) is 0.409. The fourth-order valence-electron chi connectivity index (χ4n) is 6.98. The first kappa shape index (κ1) is 42.1. The minimum absolute atomic E-state index is 0.0679.